The Morgan fingerprint density at radius 2 is 2.20 bits per heavy atom. The smallest absolute Gasteiger partial charge is 0.0104 e. The van der Waals surface area contributed by atoms with E-state index in [0.29, 0.717) is 0 Å². The van der Waals surface area contributed by atoms with Crippen LogP contribution in [0.25, 0.3) is 0 Å². The summed E-state index contributed by atoms with van der Waals surface area (Å²) in [6.07, 6.45) is 2.59. The van der Waals surface area contributed by atoms with Gasteiger partial charge < -0.3 is 5.32 Å². The van der Waals surface area contributed by atoms with Gasteiger partial charge in [0.05, 0.1) is 0 Å². The fourth-order valence-corrected chi connectivity index (χ4v) is 2.89. The van der Waals surface area contributed by atoms with Crippen LogP contribution in [0, 0.1) is 12.8 Å². The van der Waals surface area contributed by atoms with Crippen molar-refractivity contribution in [1.82, 2.24) is 5.32 Å². The second kappa shape index (κ2) is 4.36. The van der Waals surface area contributed by atoms with Crippen molar-refractivity contribution in [2.24, 2.45) is 5.92 Å². The molecular formula is C14H21N. The van der Waals surface area contributed by atoms with E-state index in [2.05, 4.69) is 50.5 Å². The highest BCUT2D eigenvalue weighted by molar-refractivity contribution is 5.29. The van der Waals surface area contributed by atoms with E-state index in [1.54, 1.807) is 0 Å². The van der Waals surface area contributed by atoms with Gasteiger partial charge in [-0.05, 0) is 37.8 Å². The highest BCUT2D eigenvalue weighted by atomic mass is 14.9. The molecule has 1 aliphatic carbocycles. The summed E-state index contributed by atoms with van der Waals surface area (Å²) in [6.45, 7) is 4.48. The SMILES string of the molecule is CCC1C(NC)CC1c1cccc(C)c1. The van der Waals surface area contributed by atoms with Crippen LogP contribution in [0.4, 0.5) is 0 Å². The first-order valence-corrected chi connectivity index (χ1v) is 6.00. The second-order valence-corrected chi connectivity index (χ2v) is 4.72. The molecule has 0 aromatic heterocycles. The summed E-state index contributed by atoms with van der Waals surface area (Å²) in [7, 11) is 2.08. The zero-order valence-corrected chi connectivity index (χ0v) is 9.96. The molecule has 15 heavy (non-hydrogen) atoms. The quantitative estimate of drug-likeness (QED) is 0.796. The predicted octanol–water partition coefficient (Wildman–Crippen LogP) is 3.10. The first kappa shape index (κ1) is 10.7. The van der Waals surface area contributed by atoms with Gasteiger partial charge in [0.2, 0.25) is 0 Å². The Morgan fingerprint density at radius 1 is 1.40 bits per heavy atom. The van der Waals surface area contributed by atoms with E-state index in [1.807, 2.05) is 0 Å². The lowest BCUT2D eigenvalue weighted by Crippen LogP contribution is -2.47. The molecule has 0 spiro atoms. The van der Waals surface area contributed by atoms with Gasteiger partial charge in [-0.25, -0.2) is 0 Å². The molecule has 0 radical (unpaired) electrons. The molecule has 1 aliphatic rings. The predicted molar refractivity (Wildman–Crippen MR) is 65.2 cm³/mol. The van der Waals surface area contributed by atoms with Crippen LogP contribution in [0.1, 0.15) is 36.8 Å². The number of nitrogens with one attached hydrogen (secondary N) is 1. The average molecular weight is 203 g/mol. The Labute approximate surface area is 92.9 Å². The van der Waals surface area contributed by atoms with Crippen LogP contribution in [0.3, 0.4) is 0 Å². The summed E-state index contributed by atoms with van der Waals surface area (Å²) >= 11 is 0. The first-order valence-electron chi connectivity index (χ1n) is 6.00. The van der Waals surface area contributed by atoms with Crippen LogP contribution >= 0.6 is 0 Å². The number of rotatable bonds is 3. The number of benzene rings is 1. The van der Waals surface area contributed by atoms with Gasteiger partial charge in [-0.15, -0.1) is 0 Å². The van der Waals surface area contributed by atoms with Crippen LogP contribution in [0.5, 0.6) is 0 Å². The molecule has 0 bridgehead atoms. The molecule has 1 fully saturated rings. The molecule has 1 N–H and O–H groups in total. The maximum Gasteiger partial charge on any atom is 0.0104 e. The molecule has 2 rings (SSSR count). The summed E-state index contributed by atoms with van der Waals surface area (Å²) in [4.78, 5) is 0. The lowest BCUT2D eigenvalue weighted by Gasteiger charge is -2.45. The lowest BCUT2D eigenvalue weighted by atomic mass is 9.65. The van der Waals surface area contributed by atoms with E-state index in [9.17, 15) is 0 Å². The van der Waals surface area contributed by atoms with Crippen molar-refractivity contribution in [3.8, 4) is 0 Å². The van der Waals surface area contributed by atoms with Gasteiger partial charge in [0.25, 0.3) is 0 Å². The minimum atomic E-state index is 0.737. The molecule has 1 nitrogen and oxygen atoms in total. The number of aryl methyl sites for hydroxylation is 1. The largest absolute Gasteiger partial charge is 0.317 e. The first-order chi connectivity index (χ1) is 7.26. The molecule has 0 amide bonds. The van der Waals surface area contributed by atoms with E-state index in [4.69, 9.17) is 0 Å². The van der Waals surface area contributed by atoms with E-state index >= 15 is 0 Å². The van der Waals surface area contributed by atoms with Crippen LogP contribution in [0.15, 0.2) is 24.3 Å². The zero-order chi connectivity index (χ0) is 10.8. The van der Waals surface area contributed by atoms with Gasteiger partial charge in [-0.2, -0.15) is 0 Å². The zero-order valence-electron chi connectivity index (χ0n) is 9.96. The maximum absolute atomic E-state index is 3.42. The molecule has 3 atom stereocenters. The Kier molecular flexibility index (Phi) is 3.11. The van der Waals surface area contributed by atoms with Gasteiger partial charge in [-0.1, -0.05) is 43.2 Å². The normalized spacial score (nSPS) is 29.9. The molecule has 1 aromatic carbocycles. The highest BCUT2D eigenvalue weighted by Gasteiger charge is 2.39. The monoisotopic (exact) mass is 203 g/mol. The van der Waals surface area contributed by atoms with Crippen LogP contribution < -0.4 is 5.32 Å². The molecule has 0 heterocycles. The van der Waals surface area contributed by atoms with Crippen molar-refractivity contribution < 1.29 is 0 Å². The number of hydrogen-bond donors (Lipinski definition) is 1. The van der Waals surface area contributed by atoms with Crippen molar-refractivity contribution in [2.75, 3.05) is 7.05 Å². The minimum absolute atomic E-state index is 0.737. The molecule has 0 saturated heterocycles. The molecule has 1 heteroatoms. The topological polar surface area (TPSA) is 12.0 Å². The van der Waals surface area contributed by atoms with Gasteiger partial charge in [-0.3, -0.25) is 0 Å². The van der Waals surface area contributed by atoms with Crippen LogP contribution in [-0.2, 0) is 0 Å². The van der Waals surface area contributed by atoms with Crippen molar-refractivity contribution in [2.45, 2.75) is 38.6 Å². The molecule has 82 valence electrons. The lowest BCUT2D eigenvalue weighted by molar-refractivity contribution is 0.169. The summed E-state index contributed by atoms with van der Waals surface area (Å²) in [6, 6.07) is 9.73. The van der Waals surface area contributed by atoms with Gasteiger partial charge in [0.1, 0.15) is 0 Å². The Morgan fingerprint density at radius 3 is 2.80 bits per heavy atom. The molecule has 1 aromatic rings. The third kappa shape index (κ3) is 1.93. The average Bonchev–Trinajstić information content (AvgIpc) is 2.18. The third-order valence-electron chi connectivity index (χ3n) is 3.85. The Balaban J connectivity index is 2.13. The van der Waals surface area contributed by atoms with E-state index in [-0.39, 0.29) is 0 Å². The number of hydrogen-bond acceptors (Lipinski definition) is 1. The van der Waals surface area contributed by atoms with E-state index < -0.39 is 0 Å². The minimum Gasteiger partial charge on any atom is -0.317 e. The van der Waals surface area contributed by atoms with Crippen molar-refractivity contribution in [3.63, 3.8) is 0 Å². The van der Waals surface area contributed by atoms with E-state index in [0.717, 1.165) is 17.9 Å². The maximum atomic E-state index is 3.42. The molecule has 1 saturated carbocycles. The van der Waals surface area contributed by atoms with Gasteiger partial charge in [0.15, 0.2) is 0 Å². The highest BCUT2D eigenvalue weighted by Crippen LogP contribution is 2.44. The van der Waals surface area contributed by atoms with E-state index in [1.165, 1.54) is 24.0 Å². The van der Waals surface area contributed by atoms with Gasteiger partial charge in [0, 0.05) is 6.04 Å². The van der Waals surface area contributed by atoms with Crippen LogP contribution in [0.2, 0.25) is 0 Å². The van der Waals surface area contributed by atoms with Crippen molar-refractivity contribution in [1.29, 1.82) is 0 Å². The summed E-state index contributed by atoms with van der Waals surface area (Å²) in [5.74, 6) is 1.61. The summed E-state index contributed by atoms with van der Waals surface area (Å²) < 4.78 is 0. The molecular weight excluding hydrogens is 182 g/mol. The fraction of sp³-hybridized carbons (Fsp3) is 0.571. The van der Waals surface area contributed by atoms with Crippen molar-refractivity contribution in [3.05, 3.63) is 35.4 Å². The summed E-state index contributed by atoms with van der Waals surface area (Å²) in [5.41, 5.74) is 2.92. The Hall–Kier alpha value is -0.820. The molecule has 0 aliphatic heterocycles. The molecule has 3 unspecified atom stereocenters. The summed E-state index contributed by atoms with van der Waals surface area (Å²) in [5, 5.41) is 3.42. The van der Waals surface area contributed by atoms with Crippen LogP contribution in [-0.4, -0.2) is 13.1 Å². The standard InChI is InChI=1S/C14H21N/c1-4-12-13(9-14(12)15-3)11-7-5-6-10(2)8-11/h5-8,12-15H,4,9H2,1-3H3. The fourth-order valence-electron chi connectivity index (χ4n) is 2.89. The van der Waals surface area contributed by atoms with Gasteiger partial charge >= 0.3 is 0 Å². The Bertz CT molecular complexity index is 332. The second-order valence-electron chi connectivity index (χ2n) is 4.72. The van der Waals surface area contributed by atoms with Crippen molar-refractivity contribution >= 4 is 0 Å². The third-order valence-corrected chi connectivity index (χ3v) is 3.85.